The molecule has 0 radical (unpaired) electrons. The van der Waals surface area contributed by atoms with Crippen molar-refractivity contribution in [2.45, 2.75) is 25.9 Å². The molecule has 0 bridgehead atoms. The summed E-state index contributed by atoms with van der Waals surface area (Å²) in [6.07, 6.45) is 11.2. The van der Waals surface area contributed by atoms with E-state index in [4.69, 9.17) is 0 Å². The van der Waals surface area contributed by atoms with Crippen molar-refractivity contribution in [1.82, 2.24) is 0 Å². The zero-order valence-electron chi connectivity index (χ0n) is 21.7. The molecular weight excluding hydrogens is 541 g/mol. The van der Waals surface area contributed by atoms with Crippen molar-refractivity contribution in [2.75, 3.05) is 12.3 Å². The molecule has 0 amide bonds. The number of rotatable bonds is 6. The number of hydrogen-bond acceptors (Lipinski definition) is 0. The predicted octanol–water partition coefficient (Wildman–Crippen LogP) is 7.60. The van der Waals surface area contributed by atoms with Crippen molar-refractivity contribution in [2.24, 2.45) is 0 Å². The SMILES string of the molecule is CCP(CC)C1c2[c-]cccc2-c2ccccc21.[C-]1=C(B(c2ccccc2)c2ccccc2)CC=C1.[Zr+2]. The second kappa shape index (κ2) is 13.5. The largest absolute Gasteiger partial charge is 2.00 e. The van der Waals surface area contributed by atoms with Crippen LogP contribution in [-0.2, 0) is 26.2 Å². The van der Waals surface area contributed by atoms with Gasteiger partial charge in [-0.3, -0.25) is 6.08 Å². The van der Waals surface area contributed by atoms with E-state index in [1.807, 2.05) is 6.08 Å². The molecule has 0 aromatic heterocycles. The molecule has 0 saturated carbocycles. The molecule has 3 heteroatoms. The van der Waals surface area contributed by atoms with Crippen LogP contribution in [0.25, 0.3) is 11.1 Å². The number of fused-ring (bicyclic) bond motifs is 3. The second-order valence-corrected chi connectivity index (χ2v) is 12.2. The quantitative estimate of drug-likeness (QED) is 0.127. The van der Waals surface area contributed by atoms with E-state index in [1.54, 1.807) is 0 Å². The third-order valence-electron chi connectivity index (χ3n) is 7.22. The van der Waals surface area contributed by atoms with E-state index in [1.165, 1.54) is 51.0 Å². The van der Waals surface area contributed by atoms with Gasteiger partial charge in [0, 0.05) is 5.66 Å². The van der Waals surface area contributed by atoms with Gasteiger partial charge in [-0.25, -0.2) is 12.2 Å². The minimum atomic E-state index is 0. The first-order valence-electron chi connectivity index (χ1n) is 13.0. The average Bonchev–Trinajstić information content (AvgIpc) is 3.59. The summed E-state index contributed by atoms with van der Waals surface area (Å²) in [4.78, 5) is 0. The normalized spacial score (nSPS) is 14.7. The molecule has 6 rings (SSSR count). The summed E-state index contributed by atoms with van der Waals surface area (Å²) in [6.45, 7) is 5.00. The maximum Gasteiger partial charge on any atom is 2.00 e. The molecule has 0 saturated heterocycles. The molecule has 1 atom stereocenters. The molecule has 2 aliphatic rings. The first-order chi connectivity index (χ1) is 17.8. The van der Waals surface area contributed by atoms with E-state index < -0.39 is 0 Å². The average molecular weight is 574 g/mol. The van der Waals surface area contributed by atoms with Crippen molar-refractivity contribution >= 4 is 25.6 Å². The summed E-state index contributed by atoms with van der Waals surface area (Å²) >= 11 is 0. The first-order valence-corrected chi connectivity index (χ1v) is 14.8. The minimum absolute atomic E-state index is 0. The van der Waals surface area contributed by atoms with Crippen LogP contribution in [0.4, 0.5) is 0 Å². The topological polar surface area (TPSA) is 0 Å². The third kappa shape index (κ3) is 6.08. The zero-order chi connectivity index (χ0) is 24.7. The van der Waals surface area contributed by atoms with Gasteiger partial charge in [0.25, 0.3) is 0 Å². The van der Waals surface area contributed by atoms with E-state index in [0.717, 1.165) is 6.42 Å². The molecule has 180 valence electrons. The Bertz CT molecular complexity index is 1260. The Labute approximate surface area is 243 Å². The summed E-state index contributed by atoms with van der Waals surface area (Å²) in [5.41, 5.74) is 10.5. The maximum atomic E-state index is 3.51. The predicted molar refractivity (Wildman–Crippen MR) is 159 cm³/mol. The Hall–Kier alpha value is -2.26. The van der Waals surface area contributed by atoms with Gasteiger partial charge in [-0.05, 0) is 17.9 Å². The third-order valence-corrected chi connectivity index (χ3v) is 10.1. The molecule has 1 unspecified atom stereocenters. The Kier molecular flexibility index (Phi) is 10.1. The van der Waals surface area contributed by atoms with Crippen LogP contribution >= 0.6 is 7.92 Å². The van der Waals surface area contributed by atoms with E-state index >= 15 is 0 Å². The van der Waals surface area contributed by atoms with Crippen LogP contribution in [0, 0.1) is 12.1 Å². The molecule has 0 fully saturated rings. The Morgan fingerprint density at radius 2 is 1.35 bits per heavy atom. The zero-order valence-corrected chi connectivity index (χ0v) is 25.0. The minimum Gasteiger partial charge on any atom is -0.261 e. The van der Waals surface area contributed by atoms with E-state index in [9.17, 15) is 0 Å². The fourth-order valence-corrected chi connectivity index (χ4v) is 7.89. The van der Waals surface area contributed by atoms with Gasteiger partial charge in [0.1, 0.15) is 0 Å². The van der Waals surface area contributed by atoms with Gasteiger partial charge in [0.2, 0.25) is 6.71 Å². The van der Waals surface area contributed by atoms with Crippen LogP contribution in [0.1, 0.15) is 37.1 Å². The summed E-state index contributed by atoms with van der Waals surface area (Å²) in [5, 5.41) is 0. The van der Waals surface area contributed by atoms with Crippen molar-refractivity contribution in [1.29, 1.82) is 0 Å². The Morgan fingerprint density at radius 3 is 1.95 bits per heavy atom. The van der Waals surface area contributed by atoms with Crippen LogP contribution in [0.3, 0.4) is 0 Å². The van der Waals surface area contributed by atoms with Crippen LogP contribution in [0.15, 0.2) is 121 Å². The van der Waals surface area contributed by atoms with Crippen molar-refractivity contribution in [3.8, 4) is 11.1 Å². The van der Waals surface area contributed by atoms with Gasteiger partial charge in [0.15, 0.2) is 0 Å². The van der Waals surface area contributed by atoms with Gasteiger partial charge in [-0.2, -0.15) is 29.7 Å². The molecule has 0 aliphatic heterocycles. The summed E-state index contributed by atoms with van der Waals surface area (Å²) in [6, 6.07) is 40.2. The molecule has 4 aromatic carbocycles. The van der Waals surface area contributed by atoms with Crippen molar-refractivity contribution in [3.63, 3.8) is 0 Å². The molecule has 2 aliphatic carbocycles. The van der Waals surface area contributed by atoms with E-state index in [2.05, 4.69) is 135 Å². The Morgan fingerprint density at radius 1 is 0.757 bits per heavy atom. The van der Waals surface area contributed by atoms with Crippen LogP contribution < -0.4 is 10.9 Å². The van der Waals surface area contributed by atoms with Crippen LogP contribution in [-0.4, -0.2) is 19.0 Å². The van der Waals surface area contributed by atoms with E-state index in [-0.39, 0.29) is 34.1 Å². The summed E-state index contributed by atoms with van der Waals surface area (Å²) in [7, 11) is 0.0382. The second-order valence-electron chi connectivity index (χ2n) is 9.24. The number of hydrogen-bond donors (Lipinski definition) is 0. The van der Waals surface area contributed by atoms with Crippen LogP contribution in [0.2, 0.25) is 0 Å². The molecule has 0 nitrogen and oxygen atoms in total. The fraction of sp³-hybridized carbons (Fsp3) is 0.176. The monoisotopic (exact) mass is 572 g/mol. The van der Waals surface area contributed by atoms with Crippen molar-refractivity contribution < 1.29 is 26.2 Å². The first kappa shape index (κ1) is 27.8. The molecule has 37 heavy (non-hydrogen) atoms. The van der Waals surface area contributed by atoms with Crippen molar-refractivity contribution in [3.05, 3.63) is 144 Å². The van der Waals surface area contributed by atoms with Crippen LogP contribution in [0.5, 0.6) is 0 Å². The number of allylic oxidation sites excluding steroid dienone is 4. The molecule has 0 spiro atoms. The summed E-state index contributed by atoms with van der Waals surface area (Å²) in [5.74, 6) is 0. The van der Waals surface area contributed by atoms with Gasteiger partial charge in [0.05, 0.1) is 0 Å². The van der Waals surface area contributed by atoms with Gasteiger partial charge >= 0.3 is 26.2 Å². The number of benzene rings is 4. The fourth-order valence-electron chi connectivity index (χ4n) is 5.51. The molecule has 4 aromatic rings. The standard InChI is InChI=1S/C17H14B.C17H18P.Zr/c1-3-9-15(10-4-1)18(17-13-7-8-14-17)16-11-5-2-6-12-16;1-3-18(4-2)17-15-11-7-5-9-13(15)14-10-6-8-12-16(14)17;/h1-12H,13H2;5-11,17H,3-4H2,1-2H3;/q2*-1;+2. The summed E-state index contributed by atoms with van der Waals surface area (Å²) < 4.78 is 0. The molecule has 0 heterocycles. The molecular formula is C34H32BPZr. The van der Waals surface area contributed by atoms with Gasteiger partial charge in [-0.15, -0.1) is 17.5 Å². The van der Waals surface area contributed by atoms with E-state index in [0.29, 0.717) is 12.4 Å². The van der Waals surface area contributed by atoms with Gasteiger partial charge < -0.3 is 0 Å². The Balaban J connectivity index is 0.000000168. The maximum absolute atomic E-state index is 3.51. The van der Waals surface area contributed by atoms with Gasteiger partial charge in [-0.1, -0.05) is 123 Å². The smallest absolute Gasteiger partial charge is 0.261 e. The molecule has 0 N–H and O–H groups in total.